The van der Waals surface area contributed by atoms with Crippen molar-refractivity contribution in [1.29, 1.82) is 0 Å². The van der Waals surface area contributed by atoms with Crippen molar-refractivity contribution in [3.8, 4) is 5.75 Å². The van der Waals surface area contributed by atoms with Crippen LogP contribution in [0.1, 0.15) is 43.0 Å². The van der Waals surface area contributed by atoms with Crippen LogP contribution < -0.4 is 10.1 Å². The highest BCUT2D eigenvalue weighted by atomic mass is 16.5. The van der Waals surface area contributed by atoms with Crippen molar-refractivity contribution in [3.05, 3.63) is 41.5 Å². The van der Waals surface area contributed by atoms with Crippen molar-refractivity contribution in [2.75, 3.05) is 7.11 Å². The van der Waals surface area contributed by atoms with Crippen LogP contribution >= 0.6 is 0 Å². The van der Waals surface area contributed by atoms with Crippen LogP contribution in [0, 0.1) is 0 Å². The van der Waals surface area contributed by atoms with E-state index in [1.54, 1.807) is 7.11 Å². The lowest BCUT2D eigenvalue weighted by atomic mass is 10.1. The summed E-state index contributed by atoms with van der Waals surface area (Å²) in [6.45, 7) is 3.94. The van der Waals surface area contributed by atoms with E-state index in [0.717, 1.165) is 42.5 Å². The van der Waals surface area contributed by atoms with Crippen molar-refractivity contribution in [3.63, 3.8) is 0 Å². The average molecular weight is 286 g/mol. The normalized spacial score (nSPS) is 15.5. The lowest BCUT2D eigenvalue weighted by Gasteiger charge is -2.19. The molecule has 5 nitrogen and oxygen atoms in total. The Morgan fingerprint density at radius 1 is 1.29 bits per heavy atom. The van der Waals surface area contributed by atoms with E-state index in [1.165, 1.54) is 12.8 Å². The SMILES string of the molecule is COc1ccccc1CNC(C)c1nnc2n1CCCC2. The Labute approximate surface area is 125 Å². The minimum atomic E-state index is 0.175. The van der Waals surface area contributed by atoms with Gasteiger partial charge >= 0.3 is 0 Å². The number of nitrogens with one attached hydrogen (secondary N) is 1. The molecule has 3 rings (SSSR count). The van der Waals surface area contributed by atoms with Crippen molar-refractivity contribution in [2.24, 2.45) is 0 Å². The first-order valence-corrected chi connectivity index (χ1v) is 7.57. The number of hydrogen-bond donors (Lipinski definition) is 1. The summed E-state index contributed by atoms with van der Waals surface area (Å²) in [5, 5.41) is 12.2. The van der Waals surface area contributed by atoms with E-state index in [1.807, 2.05) is 18.2 Å². The van der Waals surface area contributed by atoms with Crippen molar-refractivity contribution < 1.29 is 4.74 Å². The summed E-state index contributed by atoms with van der Waals surface area (Å²) in [4.78, 5) is 0. The lowest BCUT2D eigenvalue weighted by Crippen LogP contribution is -2.23. The van der Waals surface area contributed by atoms with E-state index in [-0.39, 0.29) is 6.04 Å². The first-order chi connectivity index (χ1) is 10.3. The van der Waals surface area contributed by atoms with Crippen molar-refractivity contribution >= 4 is 0 Å². The topological polar surface area (TPSA) is 52.0 Å². The van der Waals surface area contributed by atoms with Gasteiger partial charge in [-0.1, -0.05) is 18.2 Å². The number of fused-ring (bicyclic) bond motifs is 1. The number of ether oxygens (including phenoxy) is 1. The average Bonchev–Trinajstić information content (AvgIpc) is 2.97. The highest BCUT2D eigenvalue weighted by Gasteiger charge is 2.19. The lowest BCUT2D eigenvalue weighted by molar-refractivity contribution is 0.404. The zero-order chi connectivity index (χ0) is 14.7. The minimum Gasteiger partial charge on any atom is -0.496 e. The second-order valence-corrected chi connectivity index (χ2v) is 5.50. The molecule has 1 atom stereocenters. The molecule has 0 bridgehead atoms. The molecule has 1 aromatic carbocycles. The predicted molar refractivity (Wildman–Crippen MR) is 81.2 cm³/mol. The molecule has 1 aliphatic heterocycles. The molecule has 0 saturated carbocycles. The molecule has 1 aliphatic rings. The molecule has 1 unspecified atom stereocenters. The molecule has 112 valence electrons. The van der Waals surface area contributed by atoms with Crippen LogP contribution in [0.4, 0.5) is 0 Å². The Morgan fingerprint density at radius 2 is 2.14 bits per heavy atom. The summed E-state index contributed by atoms with van der Waals surface area (Å²) in [5.74, 6) is 3.09. The van der Waals surface area contributed by atoms with Crippen LogP contribution in [-0.2, 0) is 19.5 Å². The van der Waals surface area contributed by atoms with E-state index in [9.17, 15) is 0 Å². The number of nitrogens with zero attached hydrogens (tertiary/aromatic N) is 3. The summed E-state index contributed by atoms with van der Waals surface area (Å²) in [5.41, 5.74) is 1.16. The molecule has 0 amide bonds. The van der Waals surface area contributed by atoms with E-state index in [2.05, 4.69) is 33.1 Å². The van der Waals surface area contributed by atoms with Gasteiger partial charge in [0, 0.05) is 25.1 Å². The summed E-state index contributed by atoms with van der Waals surface area (Å²) in [6.07, 6.45) is 3.49. The van der Waals surface area contributed by atoms with Gasteiger partial charge in [-0.05, 0) is 25.8 Å². The zero-order valence-electron chi connectivity index (χ0n) is 12.7. The molecular formula is C16H22N4O. The predicted octanol–water partition coefficient (Wildman–Crippen LogP) is 2.47. The molecule has 21 heavy (non-hydrogen) atoms. The quantitative estimate of drug-likeness (QED) is 0.917. The summed E-state index contributed by atoms with van der Waals surface area (Å²) >= 11 is 0. The van der Waals surface area contributed by atoms with Crippen LogP contribution in [0.15, 0.2) is 24.3 Å². The number of methoxy groups -OCH3 is 1. The molecule has 1 N–H and O–H groups in total. The summed E-state index contributed by atoms with van der Waals surface area (Å²) < 4.78 is 7.65. The third-order valence-electron chi connectivity index (χ3n) is 4.07. The molecule has 0 aliphatic carbocycles. The first-order valence-electron chi connectivity index (χ1n) is 7.57. The number of aromatic nitrogens is 3. The Bertz CT molecular complexity index is 608. The number of aryl methyl sites for hydroxylation is 1. The Hall–Kier alpha value is -1.88. The van der Waals surface area contributed by atoms with Crippen LogP contribution in [0.5, 0.6) is 5.75 Å². The summed E-state index contributed by atoms with van der Waals surface area (Å²) in [6, 6.07) is 8.26. The van der Waals surface area contributed by atoms with Gasteiger partial charge in [-0.2, -0.15) is 0 Å². The molecular weight excluding hydrogens is 264 g/mol. The van der Waals surface area contributed by atoms with E-state index in [4.69, 9.17) is 4.74 Å². The van der Waals surface area contributed by atoms with Gasteiger partial charge in [-0.25, -0.2) is 0 Å². The van der Waals surface area contributed by atoms with Gasteiger partial charge in [0.2, 0.25) is 0 Å². The Balaban J connectivity index is 1.69. The molecule has 5 heteroatoms. The molecule has 0 radical (unpaired) electrons. The minimum absolute atomic E-state index is 0.175. The van der Waals surface area contributed by atoms with Gasteiger partial charge in [0.15, 0.2) is 0 Å². The molecule has 0 fully saturated rings. The molecule has 2 heterocycles. The van der Waals surface area contributed by atoms with Crippen molar-refractivity contribution in [1.82, 2.24) is 20.1 Å². The number of benzene rings is 1. The maximum absolute atomic E-state index is 5.39. The third kappa shape index (κ3) is 2.93. The number of rotatable bonds is 5. The molecule has 2 aromatic rings. The van der Waals surface area contributed by atoms with Gasteiger partial charge in [-0.15, -0.1) is 10.2 Å². The van der Waals surface area contributed by atoms with Crippen LogP contribution in [0.2, 0.25) is 0 Å². The van der Waals surface area contributed by atoms with Gasteiger partial charge in [-0.3, -0.25) is 0 Å². The molecule has 0 saturated heterocycles. The highest BCUT2D eigenvalue weighted by Crippen LogP contribution is 2.21. The van der Waals surface area contributed by atoms with Crippen LogP contribution in [-0.4, -0.2) is 21.9 Å². The maximum Gasteiger partial charge on any atom is 0.149 e. The fraction of sp³-hybridized carbons (Fsp3) is 0.500. The largest absolute Gasteiger partial charge is 0.496 e. The zero-order valence-corrected chi connectivity index (χ0v) is 12.7. The number of para-hydroxylation sites is 1. The second-order valence-electron chi connectivity index (χ2n) is 5.50. The van der Waals surface area contributed by atoms with Crippen LogP contribution in [0.25, 0.3) is 0 Å². The summed E-state index contributed by atoms with van der Waals surface area (Å²) in [7, 11) is 1.71. The maximum atomic E-state index is 5.39. The number of hydrogen-bond acceptors (Lipinski definition) is 4. The second kappa shape index (κ2) is 6.26. The monoisotopic (exact) mass is 286 g/mol. The Kier molecular flexibility index (Phi) is 4.20. The van der Waals surface area contributed by atoms with E-state index in [0.29, 0.717) is 0 Å². The van der Waals surface area contributed by atoms with E-state index >= 15 is 0 Å². The first kappa shape index (κ1) is 14.1. The fourth-order valence-electron chi connectivity index (χ4n) is 2.85. The smallest absolute Gasteiger partial charge is 0.149 e. The molecule has 1 aromatic heterocycles. The van der Waals surface area contributed by atoms with Gasteiger partial charge in [0.25, 0.3) is 0 Å². The van der Waals surface area contributed by atoms with Crippen molar-refractivity contribution in [2.45, 2.75) is 45.3 Å². The fourth-order valence-corrected chi connectivity index (χ4v) is 2.85. The van der Waals surface area contributed by atoms with Crippen LogP contribution in [0.3, 0.4) is 0 Å². The molecule has 0 spiro atoms. The van der Waals surface area contributed by atoms with Gasteiger partial charge in [0.05, 0.1) is 13.2 Å². The third-order valence-corrected chi connectivity index (χ3v) is 4.07. The van der Waals surface area contributed by atoms with E-state index < -0.39 is 0 Å². The Morgan fingerprint density at radius 3 is 3.00 bits per heavy atom. The standard InChI is InChI=1S/C16H22N4O/c1-12(16-19-18-15-9-5-6-10-20(15)16)17-11-13-7-3-4-8-14(13)21-2/h3-4,7-8,12,17H,5-6,9-11H2,1-2H3. The van der Waals surface area contributed by atoms with Gasteiger partial charge < -0.3 is 14.6 Å². The van der Waals surface area contributed by atoms with Gasteiger partial charge in [0.1, 0.15) is 17.4 Å². The highest BCUT2D eigenvalue weighted by molar-refractivity contribution is 5.33.